The molecular formula is C16H12Br2ClN3S. The average Bonchev–Trinajstić information content (AvgIpc) is 2.96. The van der Waals surface area contributed by atoms with Crippen LogP contribution in [0.4, 0.5) is 0 Å². The van der Waals surface area contributed by atoms with E-state index in [9.17, 15) is 0 Å². The van der Waals surface area contributed by atoms with Crippen LogP contribution in [-0.2, 0) is 0 Å². The molecular weight excluding hydrogens is 462 g/mol. The van der Waals surface area contributed by atoms with Gasteiger partial charge in [-0.25, -0.2) is 5.01 Å². The van der Waals surface area contributed by atoms with Gasteiger partial charge in [0.25, 0.3) is 0 Å². The fourth-order valence-electron chi connectivity index (χ4n) is 2.55. The summed E-state index contributed by atoms with van der Waals surface area (Å²) in [7, 11) is 0. The Balaban J connectivity index is 1.99. The smallest absolute Gasteiger partial charge is 0.187 e. The molecule has 0 amide bonds. The molecule has 1 aliphatic heterocycles. The van der Waals surface area contributed by atoms with Gasteiger partial charge in [0.2, 0.25) is 0 Å². The number of halogens is 3. The molecule has 118 valence electrons. The largest absolute Gasteiger partial charge is 0.375 e. The van der Waals surface area contributed by atoms with E-state index in [-0.39, 0.29) is 11.2 Å². The van der Waals surface area contributed by atoms with Crippen molar-refractivity contribution in [3.63, 3.8) is 0 Å². The average molecular weight is 474 g/mol. The summed E-state index contributed by atoms with van der Waals surface area (Å²) >= 11 is 18.5. The maximum Gasteiger partial charge on any atom is 0.187 e. The highest BCUT2D eigenvalue weighted by molar-refractivity contribution is 9.13. The molecule has 3 rings (SSSR count). The molecule has 0 saturated carbocycles. The zero-order valence-electron chi connectivity index (χ0n) is 11.8. The highest BCUT2D eigenvalue weighted by Crippen LogP contribution is 2.36. The number of nitrogens with zero attached hydrogens (tertiary/aromatic N) is 2. The predicted octanol–water partition coefficient (Wildman–Crippen LogP) is 5.26. The summed E-state index contributed by atoms with van der Waals surface area (Å²) < 4.78 is 1.97. The lowest BCUT2D eigenvalue weighted by atomic mass is 9.98. The minimum Gasteiger partial charge on any atom is -0.375 e. The molecule has 0 saturated heterocycles. The van der Waals surface area contributed by atoms with Crippen molar-refractivity contribution >= 4 is 66.5 Å². The SMILES string of the molecule is NC(=S)N1N=C(c2ccc(Br)c(Br)c2)CC1c1ccccc1Cl. The zero-order valence-corrected chi connectivity index (χ0v) is 16.6. The first-order chi connectivity index (χ1) is 11.0. The van der Waals surface area contributed by atoms with Gasteiger partial charge in [0.1, 0.15) is 0 Å². The van der Waals surface area contributed by atoms with Gasteiger partial charge < -0.3 is 5.73 Å². The maximum absolute atomic E-state index is 6.34. The molecule has 1 unspecified atom stereocenters. The summed E-state index contributed by atoms with van der Waals surface area (Å²) in [4.78, 5) is 0. The van der Waals surface area contributed by atoms with Crippen LogP contribution in [0, 0.1) is 0 Å². The van der Waals surface area contributed by atoms with E-state index in [0.29, 0.717) is 11.4 Å². The predicted molar refractivity (Wildman–Crippen MR) is 106 cm³/mol. The minimum absolute atomic E-state index is 0.0846. The molecule has 0 radical (unpaired) electrons. The lowest BCUT2D eigenvalue weighted by Gasteiger charge is -2.22. The maximum atomic E-state index is 6.34. The van der Waals surface area contributed by atoms with E-state index in [1.807, 2.05) is 42.5 Å². The first-order valence-electron chi connectivity index (χ1n) is 6.83. The lowest BCUT2D eigenvalue weighted by molar-refractivity contribution is 0.373. The Bertz CT molecular complexity index is 810. The molecule has 0 bridgehead atoms. The van der Waals surface area contributed by atoms with E-state index < -0.39 is 0 Å². The highest BCUT2D eigenvalue weighted by atomic mass is 79.9. The molecule has 0 aromatic heterocycles. The Morgan fingerprint density at radius 3 is 2.61 bits per heavy atom. The highest BCUT2D eigenvalue weighted by Gasteiger charge is 2.31. The quantitative estimate of drug-likeness (QED) is 0.605. The van der Waals surface area contributed by atoms with E-state index in [1.165, 1.54) is 0 Å². The number of benzene rings is 2. The Kier molecular flexibility index (Phi) is 5.06. The molecule has 3 nitrogen and oxygen atoms in total. The molecule has 23 heavy (non-hydrogen) atoms. The van der Waals surface area contributed by atoms with Crippen molar-refractivity contribution in [2.45, 2.75) is 12.5 Å². The van der Waals surface area contributed by atoms with Crippen LogP contribution in [0.1, 0.15) is 23.6 Å². The molecule has 1 atom stereocenters. The molecule has 2 aromatic carbocycles. The van der Waals surface area contributed by atoms with Crippen LogP contribution in [0.5, 0.6) is 0 Å². The summed E-state index contributed by atoms with van der Waals surface area (Å²) in [5.74, 6) is 0. The Labute approximate surface area is 161 Å². The molecule has 0 spiro atoms. The van der Waals surface area contributed by atoms with E-state index in [0.717, 1.165) is 25.8 Å². The number of hydrogen-bond donors (Lipinski definition) is 1. The van der Waals surface area contributed by atoms with Crippen LogP contribution in [0.3, 0.4) is 0 Å². The summed E-state index contributed by atoms with van der Waals surface area (Å²) in [6.07, 6.45) is 0.690. The van der Waals surface area contributed by atoms with Crippen LogP contribution in [0.25, 0.3) is 0 Å². The second-order valence-electron chi connectivity index (χ2n) is 5.10. The van der Waals surface area contributed by atoms with Crippen molar-refractivity contribution in [2.24, 2.45) is 10.8 Å². The number of nitrogens with two attached hydrogens (primary N) is 1. The fourth-order valence-corrected chi connectivity index (χ4v) is 3.61. The molecule has 2 aromatic rings. The number of hydrazone groups is 1. The zero-order chi connectivity index (χ0) is 16.6. The van der Waals surface area contributed by atoms with Gasteiger partial charge in [0.15, 0.2) is 5.11 Å². The van der Waals surface area contributed by atoms with Gasteiger partial charge in [0, 0.05) is 20.4 Å². The lowest BCUT2D eigenvalue weighted by Crippen LogP contribution is -2.31. The van der Waals surface area contributed by atoms with Gasteiger partial charge in [-0.1, -0.05) is 35.9 Å². The Morgan fingerprint density at radius 1 is 1.22 bits per heavy atom. The van der Waals surface area contributed by atoms with Crippen molar-refractivity contribution < 1.29 is 0 Å². The summed E-state index contributed by atoms with van der Waals surface area (Å²) in [6, 6.07) is 13.6. The summed E-state index contributed by atoms with van der Waals surface area (Å²) in [5, 5.41) is 7.21. The standard InChI is InChI=1S/C16H12Br2ClN3S/c17-11-6-5-9(7-12(11)18)14-8-15(22(21-14)16(20)23)10-3-1-2-4-13(10)19/h1-7,15H,8H2,(H2,20,23). The van der Waals surface area contributed by atoms with E-state index in [4.69, 9.17) is 29.6 Å². The third kappa shape index (κ3) is 3.45. The Morgan fingerprint density at radius 2 is 1.96 bits per heavy atom. The second-order valence-corrected chi connectivity index (χ2v) is 7.63. The third-order valence-corrected chi connectivity index (χ3v) is 6.06. The Hall–Kier alpha value is -0.950. The number of hydrogen-bond acceptors (Lipinski definition) is 2. The second kappa shape index (κ2) is 6.89. The van der Waals surface area contributed by atoms with Crippen molar-refractivity contribution in [1.29, 1.82) is 0 Å². The molecule has 1 heterocycles. The fraction of sp³-hybridized carbons (Fsp3) is 0.125. The van der Waals surface area contributed by atoms with Crippen LogP contribution in [0.2, 0.25) is 5.02 Å². The topological polar surface area (TPSA) is 41.6 Å². The van der Waals surface area contributed by atoms with Gasteiger partial charge >= 0.3 is 0 Å². The summed E-state index contributed by atoms with van der Waals surface area (Å²) in [5.41, 5.74) is 8.78. The molecule has 7 heteroatoms. The van der Waals surface area contributed by atoms with Crippen molar-refractivity contribution in [3.8, 4) is 0 Å². The molecule has 2 N–H and O–H groups in total. The van der Waals surface area contributed by atoms with E-state index in [1.54, 1.807) is 5.01 Å². The third-order valence-electron chi connectivity index (χ3n) is 3.65. The van der Waals surface area contributed by atoms with E-state index >= 15 is 0 Å². The summed E-state index contributed by atoms with van der Waals surface area (Å²) in [6.45, 7) is 0. The molecule has 0 aliphatic carbocycles. The van der Waals surface area contributed by atoms with Crippen molar-refractivity contribution in [2.75, 3.05) is 0 Å². The van der Waals surface area contributed by atoms with Crippen LogP contribution < -0.4 is 5.73 Å². The van der Waals surface area contributed by atoms with Crippen LogP contribution in [0.15, 0.2) is 56.5 Å². The van der Waals surface area contributed by atoms with Gasteiger partial charge in [-0.15, -0.1) is 0 Å². The monoisotopic (exact) mass is 471 g/mol. The van der Waals surface area contributed by atoms with Crippen molar-refractivity contribution in [1.82, 2.24) is 5.01 Å². The first-order valence-corrected chi connectivity index (χ1v) is 9.20. The van der Waals surface area contributed by atoms with Gasteiger partial charge in [0.05, 0.1) is 11.8 Å². The van der Waals surface area contributed by atoms with Crippen LogP contribution in [-0.4, -0.2) is 15.8 Å². The van der Waals surface area contributed by atoms with Crippen LogP contribution >= 0.6 is 55.7 Å². The first kappa shape index (κ1) is 16.9. The van der Waals surface area contributed by atoms with Crippen molar-refractivity contribution in [3.05, 3.63) is 67.6 Å². The minimum atomic E-state index is -0.0846. The van der Waals surface area contributed by atoms with E-state index in [2.05, 4.69) is 37.0 Å². The number of rotatable bonds is 2. The van der Waals surface area contributed by atoms with Gasteiger partial charge in [-0.2, -0.15) is 5.10 Å². The van der Waals surface area contributed by atoms with Gasteiger partial charge in [-0.3, -0.25) is 0 Å². The normalized spacial score (nSPS) is 17.3. The number of thiocarbonyl (C=S) groups is 1. The molecule has 1 aliphatic rings. The van der Waals surface area contributed by atoms with Gasteiger partial charge in [-0.05, 0) is 73.4 Å². The molecule has 0 fully saturated rings.